The summed E-state index contributed by atoms with van der Waals surface area (Å²) in [7, 11) is 0. The number of alkyl halides is 3. The summed E-state index contributed by atoms with van der Waals surface area (Å²) in [5, 5.41) is 3.40. The smallest absolute Gasteiger partial charge is 0.436 e. The molecule has 0 saturated heterocycles. The normalized spacial score (nSPS) is 12.2. The third-order valence-electron chi connectivity index (χ3n) is 6.62. The number of ether oxygens (including phenoxy) is 1. The van der Waals surface area contributed by atoms with Gasteiger partial charge in [-0.05, 0) is 61.7 Å². The van der Waals surface area contributed by atoms with E-state index in [0.29, 0.717) is 21.9 Å². The molecule has 2 aromatic carbocycles. The maximum absolute atomic E-state index is 14.3. The molecule has 4 aromatic rings. The van der Waals surface area contributed by atoms with Crippen molar-refractivity contribution in [1.29, 1.82) is 0 Å². The Morgan fingerprint density at radius 1 is 0.977 bits per heavy atom. The van der Waals surface area contributed by atoms with E-state index in [1.54, 1.807) is 12.1 Å². The number of Topliss-reactive ketones (excluding diaryl/α,β-unsaturated/α-hetero) is 2. The van der Waals surface area contributed by atoms with Crippen molar-refractivity contribution in [2.24, 2.45) is 0 Å². The number of hydrogen-bond donors (Lipinski definition) is 0. The van der Waals surface area contributed by atoms with Gasteiger partial charge in [0.2, 0.25) is 0 Å². The summed E-state index contributed by atoms with van der Waals surface area (Å²) in [4.78, 5) is 41.8. The second kappa shape index (κ2) is 13.2. The fourth-order valence-corrected chi connectivity index (χ4v) is 4.82. The Hall–Kier alpha value is -4.81. The summed E-state index contributed by atoms with van der Waals surface area (Å²) in [6, 6.07) is 9.82. The number of halogens is 6. The molecule has 0 amide bonds. The van der Waals surface area contributed by atoms with Gasteiger partial charge >= 0.3 is 12.1 Å². The number of aromatic nitrogens is 3. The maximum atomic E-state index is 14.3. The molecule has 0 aliphatic heterocycles. The molecular weight excluding hydrogens is 592 g/mol. The van der Waals surface area contributed by atoms with Gasteiger partial charge in [-0.2, -0.15) is 18.3 Å². The Morgan fingerprint density at radius 3 is 2.32 bits per heavy atom. The second-order valence-electron chi connectivity index (χ2n) is 9.92. The first-order valence-electron chi connectivity index (χ1n) is 13.3. The number of rotatable bonds is 11. The maximum Gasteiger partial charge on any atom is 0.436 e. The van der Waals surface area contributed by atoms with Crippen molar-refractivity contribution >= 4 is 17.5 Å². The van der Waals surface area contributed by atoms with E-state index in [9.17, 15) is 40.7 Å². The largest absolute Gasteiger partial charge is 0.462 e. The first-order chi connectivity index (χ1) is 20.8. The highest BCUT2D eigenvalue weighted by molar-refractivity contribution is 5.95. The molecule has 1 atom stereocenters. The molecule has 230 valence electrons. The molecule has 0 N–H and O–H groups in total. The van der Waals surface area contributed by atoms with Crippen LogP contribution in [0.15, 0.2) is 60.9 Å². The summed E-state index contributed by atoms with van der Waals surface area (Å²) in [6.45, 7) is 1.75. The molecule has 2 aromatic heterocycles. The Labute approximate surface area is 247 Å². The number of benzene rings is 2. The Morgan fingerprint density at radius 2 is 1.68 bits per heavy atom. The zero-order valence-corrected chi connectivity index (χ0v) is 23.4. The third-order valence-corrected chi connectivity index (χ3v) is 6.62. The topological polar surface area (TPSA) is 91.1 Å². The zero-order valence-electron chi connectivity index (χ0n) is 23.4. The number of esters is 1. The van der Waals surface area contributed by atoms with E-state index in [4.69, 9.17) is 0 Å². The van der Waals surface area contributed by atoms with Gasteiger partial charge in [-0.25, -0.2) is 18.0 Å². The lowest BCUT2D eigenvalue weighted by Gasteiger charge is -2.20. The minimum atomic E-state index is -5.00. The van der Waals surface area contributed by atoms with Crippen molar-refractivity contribution < 1.29 is 45.5 Å². The molecule has 0 spiro atoms. The lowest BCUT2D eigenvalue weighted by atomic mass is 9.86. The van der Waals surface area contributed by atoms with Crippen molar-refractivity contribution in [2.45, 2.75) is 45.3 Å². The van der Waals surface area contributed by atoms with Gasteiger partial charge < -0.3 is 4.74 Å². The molecule has 0 radical (unpaired) electrons. The molecule has 2 heterocycles. The summed E-state index contributed by atoms with van der Waals surface area (Å²) in [5.41, 5.74) is -1.35. The monoisotopic (exact) mass is 617 g/mol. The molecule has 0 unspecified atom stereocenters. The highest BCUT2D eigenvalue weighted by Gasteiger charge is 2.40. The van der Waals surface area contributed by atoms with Crippen LogP contribution in [0.2, 0.25) is 0 Å². The van der Waals surface area contributed by atoms with Crippen LogP contribution in [0.4, 0.5) is 26.3 Å². The average molecular weight is 618 g/mol. The minimum absolute atomic E-state index is 0.119. The van der Waals surface area contributed by atoms with Gasteiger partial charge in [0.25, 0.3) is 0 Å². The summed E-state index contributed by atoms with van der Waals surface area (Å²) in [5.74, 6) is -5.78. The second-order valence-corrected chi connectivity index (χ2v) is 9.92. The van der Waals surface area contributed by atoms with E-state index in [1.807, 2.05) is 0 Å². The predicted molar refractivity (Wildman–Crippen MR) is 145 cm³/mol. The van der Waals surface area contributed by atoms with Crippen LogP contribution >= 0.6 is 0 Å². The Balaban J connectivity index is 1.73. The number of nitrogens with zero attached hydrogens (tertiary/aromatic N) is 3. The molecule has 0 aliphatic rings. The average Bonchev–Trinajstić information content (AvgIpc) is 3.37. The van der Waals surface area contributed by atoms with Gasteiger partial charge in [0.1, 0.15) is 23.0 Å². The van der Waals surface area contributed by atoms with Crippen molar-refractivity contribution in [2.75, 3.05) is 6.61 Å². The highest BCUT2D eigenvalue weighted by atomic mass is 19.4. The van der Waals surface area contributed by atoms with E-state index in [-0.39, 0.29) is 36.3 Å². The lowest BCUT2D eigenvalue weighted by molar-refractivity contribution is -0.142. The van der Waals surface area contributed by atoms with E-state index in [0.717, 1.165) is 24.4 Å². The molecule has 0 bridgehead atoms. The van der Waals surface area contributed by atoms with E-state index >= 15 is 0 Å². The molecule has 0 saturated carbocycles. The van der Waals surface area contributed by atoms with Crippen LogP contribution < -0.4 is 0 Å². The quantitative estimate of drug-likeness (QED) is 0.105. The third kappa shape index (κ3) is 7.57. The molecule has 13 heteroatoms. The Kier molecular flexibility index (Phi) is 9.65. The summed E-state index contributed by atoms with van der Waals surface area (Å²) < 4.78 is 88.4. The van der Waals surface area contributed by atoms with Crippen molar-refractivity contribution in [3.8, 4) is 11.1 Å². The zero-order chi connectivity index (χ0) is 32.2. The van der Waals surface area contributed by atoms with Gasteiger partial charge in [-0.3, -0.25) is 19.3 Å². The first-order valence-corrected chi connectivity index (χ1v) is 13.3. The Bertz CT molecular complexity index is 1700. The molecule has 7 nitrogen and oxygen atoms in total. The molecular formula is C31H25F6N3O4. The minimum Gasteiger partial charge on any atom is -0.462 e. The van der Waals surface area contributed by atoms with Crippen LogP contribution in [0.5, 0.6) is 0 Å². The standard InChI is InChI=1S/C31H25F6N3O4/c1-3-44-30(43)26-16-40(39-29(26)31(35,36)37)15-23(42)12-20(9-18-10-21(32)14-22(33)11-18)28-24(5-4-8-38-28)19-6-7-27(34)25(13-19)17(2)41/h4-8,10-11,13-14,16,20H,3,9,12,15H2,1-2H3/t20-/m1/s1. The van der Waals surface area contributed by atoms with Gasteiger partial charge in [-0.15, -0.1) is 0 Å². The van der Waals surface area contributed by atoms with Crippen LogP contribution in [0, 0.1) is 17.5 Å². The molecule has 4 rings (SSSR count). The van der Waals surface area contributed by atoms with E-state index in [1.165, 1.54) is 32.2 Å². The number of carbonyl (C=O) groups is 3. The van der Waals surface area contributed by atoms with Crippen LogP contribution in [0.1, 0.15) is 63.9 Å². The van der Waals surface area contributed by atoms with E-state index in [2.05, 4.69) is 14.8 Å². The van der Waals surface area contributed by atoms with Crippen LogP contribution in [-0.4, -0.2) is 38.9 Å². The number of pyridine rings is 1. The van der Waals surface area contributed by atoms with Crippen LogP contribution in [0.3, 0.4) is 0 Å². The first kappa shape index (κ1) is 32.1. The number of hydrogen-bond acceptors (Lipinski definition) is 6. The summed E-state index contributed by atoms with van der Waals surface area (Å²) >= 11 is 0. The lowest BCUT2D eigenvalue weighted by Crippen LogP contribution is -2.18. The molecule has 44 heavy (non-hydrogen) atoms. The SMILES string of the molecule is CCOC(=O)c1cn(CC(=O)C[C@@H](Cc2cc(F)cc(F)c2)c2ncccc2-c2ccc(F)c(C(C)=O)c2)nc1C(F)(F)F. The molecule has 0 fully saturated rings. The number of ketones is 2. The van der Waals surface area contributed by atoms with Crippen LogP contribution in [-0.2, 0) is 28.7 Å². The van der Waals surface area contributed by atoms with Gasteiger partial charge in [0.05, 0.1) is 24.4 Å². The van der Waals surface area contributed by atoms with E-state index < -0.39 is 64.9 Å². The van der Waals surface area contributed by atoms with Gasteiger partial charge in [-0.1, -0.05) is 12.1 Å². The highest BCUT2D eigenvalue weighted by Crippen LogP contribution is 2.34. The predicted octanol–water partition coefficient (Wildman–Crippen LogP) is 6.75. The fourth-order valence-electron chi connectivity index (χ4n) is 4.82. The molecule has 0 aliphatic carbocycles. The van der Waals surface area contributed by atoms with Crippen molar-refractivity contribution in [3.05, 3.63) is 106 Å². The van der Waals surface area contributed by atoms with Crippen molar-refractivity contribution in [3.63, 3.8) is 0 Å². The van der Waals surface area contributed by atoms with Gasteiger partial charge in [0.15, 0.2) is 17.3 Å². The van der Waals surface area contributed by atoms with Crippen molar-refractivity contribution in [1.82, 2.24) is 14.8 Å². The van der Waals surface area contributed by atoms with Gasteiger partial charge in [0, 0.05) is 36.4 Å². The van der Waals surface area contributed by atoms with Crippen LogP contribution in [0.25, 0.3) is 11.1 Å². The number of carbonyl (C=O) groups excluding carboxylic acids is 3. The summed E-state index contributed by atoms with van der Waals surface area (Å²) in [6.07, 6.45) is -3.32. The fraction of sp³-hybridized carbons (Fsp3) is 0.258.